The number of anilines is 2. The molecule has 1 amide bonds. The average Bonchev–Trinajstić information content (AvgIpc) is 2.70. The van der Waals surface area contributed by atoms with Crippen LogP contribution in [0.15, 0.2) is 66.7 Å². The van der Waals surface area contributed by atoms with Crippen LogP contribution in [0, 0.1) is 15.9 Å². The molecule has 1 atom stereocenters. The molecule has 0 radical (unpaired) electrons. The molecular weight excluding hydrogens is 385 g/mol. The van der Waals surface area contributed by atoms with Crippen LogP contribution in [-0.2, 0) is 0 Å². The number of non-ortho nitro benzene ring substituents is 1. The van der Waals surface area contributed by atoms with Gasteiger partial charge in [-0.1, -0.05) is 35.9 Å². The molecule has 0 saturated heterocycles. The molecule has 0 fully saturated rings. The van der Waals surface area contributed by atoms with Crippen LogP contribution in [0.25, 0.3) is 0 Å². The van der Waals surface area contributed by atoms with Crippen LogP contribution < -0.4 is 10.2 Å². The fourth-order valence-corrected chi connectivity index (χ4v) is 3.37. The van der Waals surface area contributed by atoms with Gasteiger partial charge in [0.2, 0.25) is 0 Å². The monoisotopic (exact) mass is 397 g/mol. The number of nitrogens with one attached hydrogen (secondary N) is 1. The van der Waals surface area contributed by atoms with Crippen LogP contribution in [0.2, 0.25) is 5.02 Å². The van der Waals surface area contributed by atoms with Gasteiger partial charge in [0.05, 0.1) is 15.5 Å². The minimum atomic E-state index is -0.733. The third-order valence-corrected chi connectivity index (χ3v) is 4.79. The molecule has 6 nitrogen and oxygen atoms in total. The van der Waals surface area contributed by atoms with Crippen LogP contribution >= 0.6 is 11.6 Å². The van der Waals surface area contributed by atoms with Crippen molar-refractivity contribution in [3.63, 3.8) is 0 Å². The standard InChI is InChI=1S/C20H13ClFN3O3/c21-16-11-13(8-9-17(16)22)24-19(12-4-3-5-14(10-12)25(27)28)23-18-7-2-1-6-15(18)20(24)26/h1-11,19,23H/t19-/m0/s1. The fourth-order valence-electron chi connectivity index (χ4n) is 3.20. The van der Waals surface area contributed by atoms with Gasteiger partial charge in [-0.2, -0.15) is 0 Å². The maximum absolute atomic E-state index is 13.6. The SMILES string of the molecule is O=C1c2ccccc2N[C@H](c2cccc([N+](=O)[O-])c2)N1c1ccc(F)c(Cl)c1. The predicted molar refractivity (Wildman–Crippen MR) is 104 cm³/mol. The van der Waals surface area contributed by atoms with E-state index >= 15 is 0 Å². The summed E-state index contributed by atoms with van der Waals surface area (Å²) in [5, 5.41) is 14.3. The molecule has 1 aliphatic heterocycles. The van der Waals surface area contributed by atoms with Gasteiger partial charge in [0.15, 0.2) is 0 Å². The van der Waals surface area contributed by atoms with Gasteiger partial charge in [0.25, 0.3) is 11.6 Å². The number of hydrogen-bond acceptors (Lipinski definition) is 4. The summed E-state index contributed by atoms with van der Waals surface area (Å²) in [5.41, 5.74) is 1.83. The largest absolute Gasteiger partial charge is 0.360 e. The molecular formula is C20H13ClFN3O3. The average molecular weight is 398 g/mol. The van der Waals surface area contributed by atoms with Crippen molar-refractivity contribution in [3.05, 3.63) is 98.8 Å². The number of hydrogen-bond donors (Lipinski definition) is 1. The third-order valence-electron chi connectivity index (χ3n) is 4.50. The van der Waals surface area contributed by atoms with E-state index in [1.807, 2.05) is 0 Å². The summed E-state index contributed by atoms with van der Waals surface area (Å²) in [7, 11) is 0. The molecule has 28 heavy (non-hydrogen) atoms. The second-order valence-electron chi connectivity index (χ2n) is 6.22. The van der Waals surface area contributed by atoms with Gasteiger partial charge in [-0.3, -0.25) is 19.8 Å². The highest BCUT2D eigenvalue weighted by molar-refractivity contribution is 6.31. The van der Waals surface area contributed by atoms with Crippen LogP contribution in [-0.4, -0.2) is 10.8 Å². The van der Waals surface area contributed by atoms with Crippen LogP contribution in [0.5, 0.6) is 0 Å². The fraction of sp³-hybridized carbons (Fsp3) is 0.0500. The number of carbonyl (C=O) groups excluding carboxylic acids is 1. The number of para-hydroxylation sites is 1. The molecule has 3 aromatic rings. The van der Waals surface area contributed by atoms with Crippen molar-refractivity contribution in [2.45, 2.75) is 6.17 Å². The molecule has 0 aliphatic carbocycles. The van der Waals surface area contributed by atoms with E-state index in [1.54, 1.807) is 36.4 Å². The molecule has 0 saturated carbocycles. The summed E-state index contributed by atoms with van der Waals surface area (Å²) < 4.78 is 13.6. The Kier molecular flexibility index (Phi) is 4.44. The van der Waals surface area contributed by atoms with Crippen molar-refractivity contribution in [2.75, 3.05) is 10.2 Å². The summed E-state index contributed by atoms with van der Waals surface area (Å²) in [5.74, 6) is -0.927. The normalized spacial score (nSPS) is 15.7. The molecule has 1 heterocycles. The number of rotatable bonds is 3. The Morgan fingerprint density at radius 3 is 2.61 bits per heavy atom. The number of nitro benzene ring substituents is 1. The van der Waals surface area contributed by atoms with Crippen molar-refractivity contribution in [2.24, 2.45) is 0 Å². The lowest BCUT2D eigenvalue weighted by molar-refractivity contribution is -0.384. The van der Waals surface area contributed by atoms with Gasteiger partial charge >= 0.3 is 0 Å². The topological polar surface area (TPSA) is 75.5 Å². The number of benzene rings is 3. The van der Waals surface area contributed by atoms with Crippen molar-refractivity contribution >= 4 is 34.6 Å². The van der Waals surface area contributed by atoms with Gasteiger partial charge in [0, 0.05) is 29.1 Å². The second-order valence-corrected chi connectivity index (χ2v) is 6.63. The number of nitro groups is 1. The van der Waals surface area contributed by atoms with E-state index in [9.17, 15) is 19.3 Å². The molecule has 0 bridgehead atoms. The number of carbonyl (C=O) groups is 1. The Labute approximate surface area is 164 Å². The molecule has 140 valence electrons. The summed E-state index contributed by atoms with van der Waals surface area (Å²) in [6.45, 7) is 0. The Morgan fingerprint density at radius 1 is 1.07 bits per heavy atom. The van der Waals surface area contributed by atoms with Crippen LogP contribution in [0.1, 0.15) is 22.1 Å². The minimum Gasteiger partial charge on any atom is -0.360 e. The maximum atomic E-state index is 13.6. The summed E-state index contributed by atoms with van der Waals surface area (Å²) in [6, 6.07) is 16.9. The van der Waals surface area contributed by atoms with Crippen molar-refractivity contribution < 1.29 is 14.1 Å². The first-order valence-electron chi connectivity index (χ1n) is 8.34. The van der Waals surface area contributed by atoms with E-state index in [-0.39, 0.29) is 16.6 Å². The van der Waals surface area contributed by atoms with Crippen molar-refractivity contribution in [1.82, 2.24) is 0 Å². The van der Waals surface area contributed by atoms with E-state index in [0.717, 1.165) is 0 Å². The van der Waals surface area contributed by atoms with Crippen molar-refractivity contribution in [3.8, 4) is 0 Å². The van der Waals surface area contributed by atoms with E-state index in [4.69, 9.17) is 11.6 Å². The molecule has 1 N–H and O–H groups in total. The molecule has 8 heteroatoms. The molecule has 4 rings (SSSR count). The van der Waals surface area contributed by atoms with Gasteiger partial charge in [-0.15, -0.1) is 0 Å². The van der Waals surface area contributed by atoms with Gasteiger partial charge in [-0.25, -0.2) is 4.39 Å². The zero-order chi connectivity index (χ0) is 19.8. The number of amides is 1. The lowest BCUT2D eigenvalue weighted by Gasteiger charge is -2.38. The quantitative estimate of drug-likeness (QED) is 0.489. The zero-order valence-electron chi connectivity index (χ0n) is 14.3. The Morgan fingerprint density at radius 2 is 1.86 bits per heavy atom. The van der Waals surface area contributed by atoms with Crippen LogP contribution in [0.3, 0.4) is 0 Å². The maximum Gasteiger partial charge on any atom is 0.269 e. The van der Waals surface area contributed by atoms with Gasteiger partial charge < -0.3 is 5.32 Å². The summed E-state index contributed by atoms with van der Waals surface area (Å²) in [4.78, 5) is 25.3. The minimum absolute atomic E-state index is 0.0947. The van der Waals surface area contributed by atoms with Crippen LogP contribution in [0.4, 0.5) is 21.5 Å². The lowest BCUT2D eigenvalue weighted by Crippen LogP contribution is -2.43. The Bertz CT molecular complexity index is 1110. The Hall–Kier alpha value is -3.45. The number of nitrogens with zero attached hydrogens (tertiary/aromatic N) is 2. The summed E-state index contributed by atoms with van der Waals surface area (Å²) >= 11 is 5.92. The van der Waals surface area contributed by atoms with Crippen molar-refractivity contribution in [1.29, 1.82) is 0 Å². The summed E-state index contributed by atoms with van der Waals surface area (Å²) in [6.07, 6.45) is -0.733. The Balaban J connectivity index is 1.88. The first-order valence-corrected chi connectivity index (χ1v) is 8.72. The first kappa shape index (κ1) is 17.9. The second kappa shape index (κ2) is 6.94. The molecule has 0 unspecified atom stereocenters. The number of fused-ring (bicyclic) bond motifs is 1. The molecule has 1 aliphatic rings. The highest BCUT2D eigenvalue weighted by Crippen LogP contribution is 2.38. The third kappa shape index (κ3) is 3.05. The van der Waals surface area contributed by atoms with E-state index in [0.29, 0.717) is 22.5 Å². The van der Waals surface area contributed by atoms with Gasteiger partial charge in [-0.05, 0) is 30.3 Å². The lowest BCUT2D eigenvalue weighted by atomic mass is 10.0. The molecule has 3 aromatic carbocycles. The van der Waals surface area contributed by atoms with E-state index < -0.39 is 16.9 Å². The van der Waals surface area contributed by atoms with E-state index in [2.05, 4.69) is 5.32 Å². The first-order chi connectivity index (χ1) is 13.5. The number of halogens is 2. The molecule has 0 spiro atoms. The smallest absolute Gasteiger partial charge is 0.269 e. The zero-order valence-corrected chi connectivity index (χ0v) is 15.1. The van der Waals surface area contributed by atoms with E-state index in [1.165, 1.54) is 35.2 Å². The highest BCUT2D eigenvalue weighted by atomic mass is 35.5. The van der Waals surface area contributed by atoms with Gasteiger partial charge in [0.1, 0.15) is 12.0 Å². The molecule has 0 aromatic heterocycles. The predicted octanol–water partition coefficient (Wildman–Crippen LogP) is 5.16. The highest BCUT2D eigenvalue weighted by Gasteiger charge is 2.34.